The van der Waals surface area contributed by atoms with Crippen molar-refractivity contribution in [2.45, 2.75) is 32.7 Å². The third kappa shape index (κ3) is 6.36. The van der Waals surface area contributed by atoms with Crippen LogP contribution in [0.1, 0.15) is 47.7 Å². The number of nitrogens with one attached hydrogen (secondary N) is 2. The number of amides is 1. The summed E-state index contributed by atoms with van der Waals surface area (Å²) in [6.07, 6.45) is 4.43. The first-order valence-corrected chi connectivity index (χ1v) is 10.4. The first-order valence-electron chi connectivity index (χ1n) is 10.0. The minimum Gasteiger partial charge on any atom is -0.326 e. The average Bonchev–Trinajstić information content (AvgIpc) is 2.79. The first-order chi connectivity index (χ1) is 15.0. The van der Waals surface area contributed by atoms with Crippen LogP contribution in [-0.4, -0.2) is 16.9 Å². The zero-order valence-electron chi connectivity index (χ0n) is 17.4. The molecule has 3 aromatic rings. The number of halogens is 2. The van der Waals surface area contributed by atoms with Gasteiger partial charge in [-0.3, -0.25) is 15.1 Å². The second-order valence-electron chi connectivity index (χ2n) is 7.16. The Bertz CT molecular complexity index is 1050. The first kappa shape index (κ1) is 22.4. The number of aromatic nitrogens is 1. The van der Waals surface area contributed by atoms with E-state index in [0.29, 0.717) is 12.5 Å². The Morgan fingerprint density at radius 3 is 2.48 bits per heavy atom. The molecule has 3 rings (SSSR count). The Labute approximate surface area is 186 Å². The van der Waals surface area contributed by atoms with Crippen molar-refractivity contribution in [1.82, 2.24) is 10.3 Å². The molecule has 0 aliphatic rings. The molecule has 0 aliphatic heterocycles. The number of aliphatic imine (C=N–C) groups is 1. The van der Waals surface area contributed by atoms with Crippen LogP contribution in [0.4, 0.5) is 10.1 Å². The van der Waals surface area contributed by atoms with Gasteiger partial charge < -0.3 is 5.32 Å². The lowest BCUT2D eigenvalue weighted by Crippen LogP contribution is -2.36. The second kappa shape index (κ2) is 10.7. The number of rotatable bonds is 6. The summed E-state index contributed by atoms with van der Waals surface area (Å²) in [4.78, 5) is 21.2. The van der Waals surface area contributed by atoms with E-state index in [1.165, 1.54) is 17.7 Å². The number of benzene rings is 2. The predicted octanol–water partition coefficient (Wildman–Crippen LogP) is 5.79. The maximum absolute atomic E-state index is 13.4. The van der Waals surface area contributed by atoms with Gasteiger partial charge in [-0.25, -0.2) is 9.38 Å². The minimum absolute atomic E-state index is 0.114. The van der Waals surface area contributed by atoms with Gasteiger partial charge in [0.2, 0.25) is 5.96 Å². The van der Waals surface area contributed by atoms with Crippen molar-refractivity contribution >= 4 is 29.2 Å². The Morgan fingerprint density at radius 1 is 1.13 bits per heavy atom. The van der Waals surface area contributed by atoms with Gasteiger partial charge in [0, 0.05) is 23.6 Å². The third-order valence-corrected chi connectivity index (χ3v) is 5.23. The monoisotopic (exact) mass is 438 g/mol. The number of hydrogen-bond donors (Lipinski definition) is 2. The third-order valence-electron chi connectivity index (χ3n) is 4.94. The highest BCUT2D eigenvalue weighted by Crippen LogP contribution is 2.20. The molecule has 0 radical (unpaired) electrons. The van der Waals surface area contributed by atoms with Gasteiger partial charge in [-0.05, 0) is 65.9 Å². The summed E-state index contributed by atoms with van der Waals surface area (Å²) in [5, 5.41) is 5.79. The van der Waals surface area contributed by atoms with Crippen LogP contribution in [-0.2, 0) is 6.54 Å². The SMILES string of the molecule is CC[C@H](C)c1ccc(NC(=NCc2ccncc2)NC(=O)c2ccc(F)c(Cl)c2)cc1. The topological polar surface area (TPSA) is 66.4 Å². The zero-order valence-corrected chi connectivity index (χ0v) is 18.2. The normalized spacial score (nSPS) is 12.3. The van der Waals surface area contributed by atoms with Gasteiger partial charge in [0.25, 0.3) is 5.91 Å². The number of hydrogen-bond acceptors (Lipinski definition) is 3. The predicted molar refractivity (Wildman–Crippen MR) is 123 cm³/mol. The number of nitrogens with zero attached hydrogens (tertiary/aromatic N) is 2. The van der Waals surface area contributed by atoms with E-state index in [4.69, 9.17) is 11.6 Å². The Kier molecular flexibility index (Phi) is 7.73. The summed E-state index contributed by atoms with van der Waals surface area (Å²) < 4.78 is 13.4. The summed E-state index contributed by atoms with van der Waals surface area (Å²) in [5.41, 5.74) is 3.21. The van der Waals surface area contributed by atoms with Crippen molar-refractivity contribution in [1.29, 1.82) is 0 Å². The highest BCUT2D eigenvalue weighted by Gasteiger charge is 2.12. The van der Waals surface area contributed by atoms with Crippen LogP contribution in [0.25, 0.3) is 0 Å². The molecule has 1 aromatic heterocycles. The number of guanidine groups is 1. The van der Waals surface area contributed by atoms with Crippen molar-refractivity contribution < 1.29 is 9.18 Å². The van der Waals surface area contributed by atoms with Gasteiger partial charge >= 0.3 is 0 Å². The van der Waals surface area contributed by atoms with Crippen LogP contribution in [0.2, 0.25) is 5.02 Å². The molecule has 0 fully saturated rings. The van der Waals surface area contributed by atoms with E-state index in [2.05, 4.69) is 46.6 Å². The lowest BCUT2D eigenvalue weighted by atomic mass is 9.99. The van der Waals surface area contributed by atoms with Crippen LogP contribution < -0.4 is 10.6 Å². The standard InChI is InChI=1S/C24H24ClFN4O/c1-3-16(2)18-4-7-20(8-5-18)29-24(28-15-17-10-12-27-13-11-17)30-23(31)19-6-9-22(26)21(25)14-19/h4-14,16H,3,15H2,1-2H3,(H2,28,29,30,31)/t16-/m0/s1. The van der Waals surface area contributed by atoms with Gasteiger partial charge in [0.05, 0.1) is 11.6 Å². The molecule has 2 aromatic carbocycles. The van der Waals surface area contributed by atoms with Crippen molar-refractivity contribution in [2.75, 3.05) is 5.32 Å². The Hall–Kier alpha value is -3.25. The largest absolute Gasteiger partial charge is 0.326 e. The molecule has 1 amide bonds. The molecular formula is C24H24ClFN4O. The number of pyridine rings is 1. The molecule has 2 N–H and O–H groups in total. The molecule has 1 heterocycles. The van der Waals surface area contributed by atoms with E-state index < -0.39 is 11.7 Å². The lowest BCUT2D eigenvalue weighted by molar-refractivity contribution is 0.0977. The summed E-state index contributed by atoms with van der Waals surface area (Å²) in [7, 11) is 0. The van der Waals surface area contributed by atoms with Crippen molar-refractivity contribution in [3.05, 3.63) is 94.5 Å². The van der Waals surface area contributed by atoms with E-state index in [1.54, 1.807) is 12.4 Å². The molecule has 0 aliphatic carbocycles. The maximum atomic E-state index is 13.4. The summed E-state index contributed by atoms with van der Waals surface area (Å²) in [6.45, 7) is 4.68. The quantitative estimate of drug-likeness (QED) is 0.378. The fraction of sp³-hybridized carbons (Fsp3) is 0.208. The van der Waals surface area contributed by atoms with Gasteiger partial charge in [-0.2, -0.15) is 0 Å². The van der Waals surface area contributed by atoms with Gasteiger partial charge in [-0.15, -0.1) is 0 Å². The smallest absolute Gasteiger partial charge is 0.258 e. The van der Waals surface area contributed by atoms with E-state index in [1.807, 2.05) is 24.3 Å². The molecule has 0 spiro atoms. The molecule has 31 heavy (non-hydrogen) atoms. The summed E-state index contributed by atoms with van der Waals surface area (Å²) in [5.74, 6) is -0.279. The molecule has 5 nitrogen and oxygen atoms in total. The van der Waals surface area contributed by atoms with Crippen molar-refractivity contribution in [2.24, 2.45) is 4.99 Å². The van der Waals surface area contributed by atoms with Gasteiger partial charge in [0.15, 0.2) is 0 Å². The number of carbonyl (C=O) groups is 1. The molecular weight excluding hydrogens is 415 g/mol. The maximum Gasteiger partial charge on any atom is 0.258 e. The fourth-order valence-corrected chi connectivity index (χ4v) is 3.03. The van der Waals surface area contributed by atoms with Gasteiger partial charge in [-0.1, -0.05) is 37.6 Å². The highest BCUT2D eigenvalue weighted by atomic mass is 35.5. The van der Waals surface area contributed by atoms with E-state index >= 15 is 0 Å². The van der Waals surface area contributed by atoms with Crippen molar-refractivity contribution in [3.8, 4) is 0 Å². The fourth-order valence-electron chi connectivity index (χ4n) is 2.85. The number of anilines is 1. The second-order valence-corrected chi connectivity index (χ2v) is 7.57. The van der Waals surface area contributed by atoms with Crippen LogP contribution in [0.15, 0.2) is 72.0 Å². The van der Waals surface area contributed by atoms with Crippen LogP contribution in [0, 0.1) is 5.82 Å². The van der Waals surface area contributed by atoms with E-state index in [0.717, 1.165) is 23.7 Å². The van der Waals surface area contributed by atoms with Gasteiger partial charge in [0.1, 0.15) is 5.82 Å². The summed E-state index contributed by atoms with van der Waals surface area (Å²) >= 11 is 5.81. The molecule has 0 saturated carbocycles. The Morgan fingerprint density at radius 2 is 1.84 bits per heavy atom. The molecule has 1 atom stereocenters. The molecule has 160 valence electrons. The van der Waals surface area contributed by atoms with Crippen LogP contribution >= 0.6 is 11.6 Å². The number of carbonyl (C=O) groups excluding carboxylic acids is 1. The molecule has 7 heteroatoms. The van der Waals surface area contributed by atoms with E-state index in [-0.39, 0.29) is 16.5 Å². The minimum atomic E-state index is -0.579. The van der Waals surface area contributed by atoms with Crippen LogP contribution in [0.5, 0.6) is 0 Å². The lowest BCUT2D eigenvalue weighted by Gasteiger charge is -2.14. The highest BCUT2D eigenvalue weighted by molar-refractivity contribution is 6.31. The molecule has 0 saturated heterocycles. The Balaban J connectivity index is 1.80. The van der Waals surface area contributed by atoms with E-state index in [9.17, 15) is 9.18 Å². The van der Waals surface area contributed by atoms with Crippen molar-refractivity contribution in [3.63, 3.8) is 0 Å². The summed E-state index contributed by atoms with van der Waals surface area (Å²) in [6, 6.07) is 15.5. The molecule has 0 bridgehead atoms. The van der Waals surface area contributed by atoms with Crippen LogP contribution in [0.3, 0.4) is 0 Å². The average molecular weight is 439 g/mol. The zero-order chi connectivity index (χ0) is 22.2. The molecule has 0 unspecified atom stereocenters.